The Kier molecular flexibility index (Phi) is 6.61. The summed E-state index contributed by atoms with van der Waals surface area (Å²) < 4.78 is 4.94. The zero-order valence-corrected chi connectivity index (χ0v) is 16.5. The van der Waals surface area contributed by atoms with Crippen LogP contribution >= 0.6 is 0 Å². The first-order valence-corrected chi connectivity index (χ1v) is 9.16. The Labute approximate surface area is 160 Å². The van der Waals surface area contributed by atoms with E-state index < -0.39 is 0 Å². The van der Waals surface area contributed by atoms with Crippen molar-refractivity contribution < 1.29 is 14.3 Å². The maximum Gasteiger partial charge on any atom is 0.306 e. The molecule has 0 atom stereocenters. The Balaban J connectivity index is 2.08. The van der Waals surface area contributed by atoms with E-state index in [1.165, 1.54) is 0 Å². The van der Waals surface area contributed by atoms with E-state index in [2.05, 4.69) is 26.1 Å². The number of carbonyl (C=O) groups excluding carboxylic acids is 2. The largest absolute Gasteiger partial charge is 0.466 e. The molecule has 0 aromatic heterocycles. The van der Waals surface area contributed by atoms with Crippen molar-refractivity contribution in [1.82, 2.24) is 0 Å². The molecule has 0 saturated heterocycles. The molecule has 2 aromatic carbocycles. The Morgan fingerprint density at radius 1 is 1.11 bits per heavy atom. The van der Waals surface area contributed by atoms with E-state index in [9.17, 15) is 9.59 Å². The van der Waals surface area contributed by atoms with Gasteiger partial charge in [0.05, 0.1) is 12.2 Å². The molecule has 5 heteroatoms. The summed E-state index contributed by atoms with van der Waals surface area (Å²) in [5, 5.41) is 2.88. The number of nitrogens with one attached hydrogen (secondary N) is 1. The van der Waals surface area contributed by atoms with E-state index in [1.54, 1.807) is 13.0 Å². The predicted molar refractivity (Wildman–Crippen MR) is 109 cm³/mol. The van der Waals surface area contributed by atoms with Crippen molar-refractivity contribution >= 4 is 23.3 Å². The van der Waals surface area contributed by atoms with Gasteiger partial charge in [-0.3, -0.25) is 9.59 Å². The van der Waals surface area contributed by atoms with Crippen LogP contribution in [0.1, 0.15) is 55.6 Å². The van der Waals surface area contributed by atoms with Crippen LogP contribution < -0.4 is 11.1 Å². The van der Waals surface area contributed by atoms with E-state index in [0.717, 1.165) is 11.1 Å². The molecule has 2 aromatic rings. The van der Waals surface area contributed by atoms with E-state index in [-0.39, 0.29) is 17.3 Å². The number of amides is 1. The number of carbonyl (C=O) groups is 2. The van der Waals surface area contributed by atoms with Crippen molar-refractivity contribution in [1.29, 1.82) is 0 Å². The van der Waals surface area contributed by atoms with E-state index in [4.69, 9.17) is 10.5 Å². The molecule has 0 heterocycles. The second-order valence-electron chi connectivity index (χ2n) is 7.51. The summed E-state index contributed by atoms with van der Waals surface area (Å²) in [4.78, 5) is 24.1. The first-order valence-electron chi connectivity index (χ1n) is 9.16. The Bertz CT molecular complexity index is 823. The second-order valence-corrected chi connectivity index (χ2v) is 7.51. The minimum absolute atomic E-state index is 0.0314. The lowest BCUT2D eigenvalue weighted by Gasteiger charge is -2.20. The van der Waals surface area contributed by atoms with Crippen LogP contribution in [0.4, 0.5) is 11.4 Å². The summed E-state index contributed by atoms with van der Waals surface area (Å²) in [6.45, 7) is 8.47. The predicted octanol–water partition coefficient (Wildman–Crippen LogP) is 4.31. The molecular formula is C22H28N2O3. The molecule has 0 aliphatic rings. The standard InChI is InChI=1S/C22H28N2O3/c1-5-27-20(25)12-9-15-7-6-8-17(13-15)24-21(26)18-11-10-16(14-19(18)23)22(2,3)4/h6-8,10-11,13-14H,5,9,12,23H2,1-4H3,(H,24,26). The molecule has 5 nitrogen and oxygen atoms in total. The minimum atomic E-state index is -0.254. The Morgan fingerprint density at radius 3 is 2.48 bits per heavy atom. The van der Waals surface area contributed by atoms with Gasteiger partial charge in [-0.1, -0.05) is 39.0 Å². The number of ether oxygens (including phenoxy) is 1. The van der Waals surface area contributed by atoms with Crippen molar-refractivity contribution in [3.8, 4) is 0 Å². The lowest BCUT2D eigenvalue weighted by atomic mass is 9.86. The van der Waals surface area contributed by atoms with Crippen LogP contribution in [0.15, 0.2) is 42.5 Å². The lowest BCUT2D eigenvalue weighted by molar-refractivity contribution is -0.143. The molecule has 2 rings (SSSR count). The third-order valence-corrected chi connectivity index (χ3v) is 4.27. The van der Waals surface area contributed by atoms with Crippen LogP contribution in [0.25, 0.3) is 0 Å². The van der Waals surface area contributed by atoms with Crippen LogP contribution in [0.3, 0.4) is 0 Å². The number of nitrogens with two attached hydrogens (primary N) is 1. The Hall–Kier alpha value is -2.82. The number of benzene rings is 2. The van der Waals surface area contributed by atoms with Crippen LogP contribution in [-0.4, -0.2) is 18.5 Å². The number of aryl methyl sites for hydroxylation is 1. The minimum Gasteiger partial charge on any atom is -0.466 e. The van der Waals surface area contributed by atoms with Gasteiger partial charge in [0.1, 0.15) is 0 Å². The first kappa shape index (κ1) is 20.5. The van der Waals surface area contributed by atoms with Gasteiger partial charge in [0, 0.05) is 17.8 Å². The first-order chi connectivity index (χ1) is 12.7. The number of hydrogen-bond donors (Lipinski definition) is 2. The van der Waals surface area contributed by atoms with Crippen molar-refractivity contribution in [3.63, 3.8) is 0 Å². The van der Waals surface area contributed by atoms with Crippen molar-refractivity contribution in [2.75, 3.05) is 17.7 Å². The average molecular weight is 368 g/mol. The molecule has 0 radical (unpaired) electrons. The van der Waals surface area contributed by atoms with E-state index in [1.807, 2.05) is 36.4 Å². The van der Waals surface area contributed by atoms with Gasteiger partial charge in [0.25, 0.3) is 5.91 Å². The average Bonchev–Trinajstić information content (AvgIpc) is 2.59. The summed E-state index contributed by atoms with van der Waals surface area (Å²) in [6, 6.07) is 13.0. The number of rotatable bonds is 6. The lowest BCUT2D eigenvalue weighted by Crippen LogP contribution is -2.16. The maximum absolute atomic E-state index is 12.6. The molecule has 0 fully saturated rings. The van der Waals surface area contributed by atoms with Crippen LogP contribution in [-0.2, 0) is 21.4 Å². The number of nitrogen functional groups attached to an aromatic ring is 1. The summed E-state index contributed by atoms with van der Waals surface area (Å²) in [5.41, 5.74) is 9.67. The van der Waals surface area contributed by atoms with Crippen LogP contribution in [0.2, 0.25) is 0 Å². The summed E-state index contributed by atoms with van der Waals surface area (Å²) in [7, 11) is 0. The second kappa shape index (κ2) is 8.71. The Morgan fingerprint density at radius 2 is 1.85 bits per heavy atom. The van der Waals surface area contributed by atoms with Gasteiger partial charge < -0.3 is 15.8 Å². The molecule has 0 aliphatic carbocycles. The normalized spacial score (nSPS) is 11.1. The van der Waals surface area contributed by atoms with Crippen molar-refractivity contribution in [2.24, 2.45) is 0 Å². The SMILES string of the molecule is CCOC(=O)CCc1cccc(NC(=O)c2ccc(C(C)(C)C)cc2N)c1. The highest BCUT2D eigenvalue weighted by atomic mass is 16.5. The maximum atomic E-state index is 12.6. The zero-order chi connectivity index (χ0) is 20.0. The molecule has 0 spiro atoms. The third kappa shape index (κ3) is 5.84. The highest BCUT2D eigenvalue weighted by Gasteiger charge is 2.17. The van der Waals surface area contributed by atoms with Crippen molar-refractivity contribution in [2.45, 2.75) is 46.0 Å². The van der Waals surface area contributed by atoms with E-state index >= 15 is 0 Å². The number of anilines is 2. The highest BCUT2D eigenvalue weighted by Crippen LogP contribution is 2.26. The van der Waals surface area contributed by atoms with Gasteiger partial charge in [-0.25, -0.2) is 0 Å². The third-order valence-electron chi connectivity index (χ3n) is 4.27. The van der Waals surface area contributed by atoms with Gasteiger partial charge in [-0.15, -0.1) is 0 Å². The molecule has 0 unspecified atom stereocenters. The van der Waals surface area contributed by atoms with Crippen molar-refractivity contribution in [3.05, 3.63) is 59.2 Å². The highest BCUT2D eigenvalue weighted by molar-refractivity contribution is 6.07. The molecule has 3 N–H and O–H groups in total. The fraction of sp³-hybridized carbons (Fsp3) is 0.364. The molecular weight excluding hydrogens is 340 g/mol. The smallest absolute Gasteiger partial charge is 0.306 e. The molecule has 0 saturated carbocycles. The summed E-state index contributed by atoms with van der Waals surface area (Å²) in [6.07, 6.45) is 0.872. The van der Waals surface area contributed by atoms with Crippen LogP contribution in [0.5, 0.6) is 0 Å². The van der Waals surface area contributed by atoms with Crippen LogP contribution in [0, 0.1) is 0 Å². The van der Waals surface area contributed by atoms with Gasteiger partial charge in [-0.05, 0) is 54.2 Å². The molecule has 27 heavy (non-hydrogen) atoms. The van der Waals surface area contributed by atoms with E-state index in [0.29, 0.717) is 36.4 Å². The zero-order valence-electron chi connectivity index (χ0n) is 16.5. The summed E-state index contributed by atoms with van der Waals surface area (Å²) in [5.74, 6) is -0.478. The molecule has 144 valence electrons. The topological polar surface area (TPSA) is 81.4 Å². The van der Waals surface area contributed by atoms with Gasteiger partial charge >= 0.3 is 5.97 Å². The molecule has 0 aliphatic heterocycles. The summed E-state index contributed by atoms with van der Waals surface area (Å²) >= 11 is 0. The molecule has 0 bridgehead atoms. The fourth-order valence-electron chi connectivity index (χ4n) is 2.72. The fourth-order valence-corrected chi connectivity index (χ4v) is 2.72. The van der Waals surface area contributed by atoms with Gasteiger partial charge in [0.15, 0.2) is 0 Å². The monoisotopic (exact) mass is 368 g/mol. The van der Waals surface area contributed by atoms with Gasteiger partial charge in [0.2, 0.25) is 0 Å². The molecule has 1 amide bonds. The van der Waals surface area contributed by atoms with Gasteiger partial charge in [-0.2, -0.15) is 0 Å². The number of esters is 1. The quantitative estimate of drug-likeness (QED) is 0.588. The number of hydrogen-bond acceptors (Lipinski definition) is 4.